The van der Waals surface area contributed by atoms with Crippen LogP contribution in [0.2, 0.25) is 0 Å². The van der Waals surface area contributed by atoms with Crippen LogP contribution in [0.1, 0.15) is 35.2 Å². The summed E-state index contributed by atoms with van der Waals surface area (Å²) in [6.07, 6.45) is 3.86. The van der Waals surface area contributed by atoms with Gasteiger partial charge >= 0.3 is 5.97 Å². The van der Waals surface area contributed by atoms with E-state index in [1.54, 1.807) is 23.3 Å². The van der Waals surface area contributed by atoms with Crippen molar-refractivity contribution in [1.82, 2.24) is 4.57 Å². The molecule has 0 aliphatic carbocycles. The molecule has 0 unspecified atom stereocenters. The SMILES string of the molecule is CCOC(=O)C1=C(c2ccccc2)N=c2s/c(=C/c3cccc(OCc4ccccc4)c3)c(=O)n2[C@H]1c1ccc(SC)cc1. The van der Waals surface area contributed by atoms with Crippen LogP contribution in [-0.2, 0) is 16.1 Å². The van der Waals surface area contributed by atoms with Crippen LogP contribution in [0.25, 0.3) is 11.8 Å². The Bertz CT molecular complexity index is 2000. The molecule has 220 valence electrons. The van der Waals surface area contributed by atoms with E-state index < -0.39 is 12.0 Å². The molecule has 0 radical (unpaired) electrons. The van der Waals surface area contributed by atoms with Gasteiger partial charge in [0.25, 0.3) is 5.56 Å². The molecule has 0 fully saturated rings. The second-order valence-corrected chi connectivity index (χ2v) is 11.9. The Morgan fingerprint density at radius 3 is 2.39 bits per heavy atom. The number of ether oxygens (including phenoxy) is 2. The van der Waals surface area contributed by atoms with Gasteiger partial charge in [0.05, 0.1) is 28.5 Å². The van der Waals surface area contributed by atoms with E-state index in [1.807, 2.05) is 122 Å². The molecule has 1 aromatic heterocycles. The van der Waals surface area contributed by atoms with Crippen LogP contribution in [0.5, 0.6) is 5.75 Å². The van der Waals surface area contributed by atoms with Crippen molar-refractivity contribution in [2.45, 2.75) is 24.5 Å². The number of hydrogen-bond donors (Lipinski definition) is 0. The van der Waals surface area contributed by atoms with Crippen molar-refractivity contribution >= 4 is 40.8 Å². The number of thioether (sulfide) groups is 1. The van der Waals surface area contributed by atoms with E-state index in [-0.39, 0.29) is 12.2 Å². The molecule has 44 heavy (non-hydrogen) atoms. The van der Waals surface area contributed by atoms with E-state index >= 15 is 0 Å². The maximum Gasteiger partial charge on any atom is 0.338 e. The summed E-state index contributed by atoms with van der Waals surface area (Å²) >= 11 is 2.93. The summed E-state index contributed by atoms with van der Waals surface area (Å²) < 4.78 is 13.7. The Hall–Kier alpha value is -4.66. The molecule has 6 rings (SSSR count). The zero-order chi connectivity index (χ0) is 30.5. The maximum atomic E-state index is 14.2. The van der Waals surface area contributed by atoms with Crippen molar-refractivity contribution in [3.63, 3.8) is 0 Å². The van der Waals surface area contributed by atoms with Crippen molar-refractivity contribution in [3.8, 4) is 5.75 Å². The molecule has 0 bridgehead atoms. The summed E-state index contributed by atoms with van der Waals surface area (Å²) in [7, 11) is 0. The van der Waals surface area contributed by atoms with Gasteiger partial charge in [-0.2, -0.15) is 0 Å². The predicted molar refractivity (Wildman–Crippen MR) is 176 cm³/mol. The van der Waals surface area contributed by atoms with Crippen LogP contribution in [0.4, 0.5) is 0 Å². The fourth-order valence-electron chi connectivity index (χ4n) is 5.13. The fourth-order valence-corrected chi connectivity index (χ4v) is 6.54. The van der Waals surface area contributed by atoms with Crippen LogP contribution < -0.4 is 19.6 Å². The molecule has 8 heteroatoms. The molecule has 6 nitrogen and oxygen atoms in total. The van der Waals surface area contributed by atoms with E-state index in [9.17, 15) is 9.59 Å². The highest BCUT2D eigenvalue weighted by Gasteiger charge is 2.35. The molecule has 0 spiro atoms. The Morgan fingerprint density at radius 2 is 1.68 bits per heavy atom. The lowest BCUT2D eigenvalue weighted by atomic mass is 9.93. The first-order valence-corrected chi connectivity index (χ1v) is 16.3. The molecule has 1 aliphatic rings. The summed E-state index contributed by atoms with van der Waals surface area (Å²) in [5.74, 6) is 0.213. The van der Waals surface area contributed by atoms with Gasteiger partial charge in [-0.25, -0.2) is 9.79 Å². The quantitative estimate of drug-likeness (QED) is 0.145. The third-order valence-corrected chi connectivity index (χ3v) is 8.94. The van der Waals surface area contributed by atoms with Gasteiger partial charge in [0.2, 0.25) is 0 Å². The first kappa shape index (κ1) is 29.4. The van der Waals surface area contributed by atoms with Crippen molar-refractivity contribution in [3.05, 3.63) is 157 Å². The molecule has 5 aromatic rings. The first-order chi connectivity index (χ1) is 21.6. The number of fused-ring (bicyclic) bond motifs is 1. The number of carbonyl (C=O) groups excluding carboxylic acids is 1. The van der Waals surface area contributed by atoms with Crippen molar-refractivity contribution in [2.75, 3.05) is 12.9 Å². The molecule has 4 aromatic carbocycles. The zero-order valence-electron chi connectivity index (χ0n) is 24.3. The third-order valence-electron chi connectivity index (χ3n) is 7.21. The number of benzene rings is 4. The molecular weight excluding hydrogens is 589 g/mol. The topological polar surface area (TPSA) is 69.9 Å². The van der Waals surface area contributed by atoms with E-state index in [0.29, 0.717) is 33.0 Å². The van der Waals surface area contributed by atoms with Crippen LogP contribution in [0, 0.1) is 0 Å². The average molecular weight is 619 g/mol. The largest absolute Gasteiger partial charge is 0.489 e. The number of rotatable bonds is 9. The van der Waals surface area contributed by atoms with Crippen LogP contribution in [0.3, 0.4) is 0 Å². The molecule has 1 atom stereocenters. The van der Waals surface area contributed by atoms with Gasteiger partial charge in [0.15, 0.2) is 4.80 Å². The van der Waals surface area contributed by atoms with Gasteiger partial charge in [0, 0.05) is 10.5 Å². The normalized spacial score (nSPS) is 14.6. The van der Waals surface area contributed by atoms with E-state index in [1.165, 1.54) is 11.3 Å². The number of hydrogen-bond acceptors (Lipinski definition) is 7. The minimum atomic E-state index is -0.709. The van der Waals surface area contributed by atoms with Gasteiger partial charge in [-0.3, -0.25) is 9.36 Å². The standard InChI is InChI=1S/C36H30N2O4S2/c1-3-41-35(40)31-32(26-14-8-5-9-15-26)37-36-38(33(31)27-17-19-29(43-2)20-18-27)34(39)30(44-36)22-25-13-10-16-28(21-25)42-23-24-11-6-4-7-12-24/h4-22,33H,3,23H2,1-2H3/b30-22+/t33-/m0/s1. The average Bonchev–Trinajstić information content (AvgIpc) is 3.38. The molecule has 0 N–H and O–H groups in total. The number of nitrogens with zero attached hydrogens (tertiary/aromatic N) is 2. The zero-order valence-corrected chi connectivity index (χ0v) is 25.9. The summed E-state index contributed by atoms with van der Waals surface area (Å²) in [5.41, 5.74) is 4.10. The summed E-state index contributed by atoms with van der Waals surface area (Å²) in [5, 5.41) is 0. The maximum absolute atomic E-state index is 14.2. The lowest BCUT2D eigenvalue weighted by Crippen LogP contribution is -2.40. The highest BCUT2D eigenvalue weighted by molar-refractivity contribution is 7.98. The van der Waals surface area contributed by atoms with Gasteiger partial charge in [-0.05, 0) is 60.2 Å². The van der Waals surface area contributed by atoms with Crippen molar-refractivity contribution in [1.29, 1.82) is 0 Å². The monoisotopic (exact) mass is 618 g/mol. The van der Waals surface area contributed by atoms with Crippen molar-refractivity contribution in [2.24, 2.45) is 4.99 Å². The number of esters is 1. The molecule has 0 saturated heterocycles. The predicted octanol–water partition coefficient (Wildman–Crippen LogP) is 6.24. The molecule has 2 heterocycles. The van der Waals surface area contributed by atoms with Gasteiger partial charge in [-0.1, -0.05) is 96.3 Å². The second-order valence-electron chi connectivity index (χ2n) is 10.1. The Balaban J connectivity index is 1.49. The van der Waals surface area contributed by atoms with Crippen LogP contribution in [0.15, 0.2) is 129 Å². The second kappa shape index (κ2) is 13.3. The number of carbonyl (C=O) groups is 1. The first-order valence-electron chi connectivity index (χ1n) is 14.2. The Morgan fingerprint density at radius 1 is 0.955 bits per heavy atom. The van der Waals surface area contributed by atoms with Gasteiger partial charge in [-0.15, -0.1) is 11.8 Å². The summed E-state index contributed by atoms with van der Waals surface area (Å²) in [4.78, 5) is 34.3. The minimum Gasteiger partial charge on any atom is -0.489 e. The van der Waals surface area contributed by atoms with E-state index in [4.69, 9.17) is 14.5 Å². The third kappa shape index (κ3) is 6.18. The molecule has 0 saturated carbocycles. The Kier molecular flexibility index (Phi) is 8.91. The highest BCUT2D eigenvalue weighted by atomic mass is 32.2. The van der Waals surface area contributed by atoms with Crippen molar-refractivity contribution < 1.29 is 14.3 Å². The fraction of sp³-hybridized carbons (Fsp3) is 0.139. The number of aromatic nitrogens is 1. The lowest BCUT2D eigenvalue weighted by molar-refractivity contribution is -0.138. The van der Waals surface area contributed by atoms with Gasteiger partial charge in [0.1, 0.15) is 12.4 Å². The Labute approximate surface area is 263 Å². The summed E-state index contributed by atoms with van der Waals surface area (Å²) in [6, 6.07) is 34.4. The molecular formula is C36H30N2O4S2. The van der Waals surface area contributed by atoms with Crippen LogP contribution >= 0.6 is 23.1 Å². The highest BCUT2D eigenvalue weighted by Crippen LogP contribution is 2.35. The number of thiazole rings is 1. The van der Waals surface area contributed by atoms with E-state index in [0.717, 1.165) is 27.1 Å². The molecule has 1 aliphatic heterocycles. The minimum absolute atomic E-state index is 0.204. The smallest absolute Gasteiger partial charge is 0.338 e. The van der Waals surface area contributed by atoms with E-state index in [2.05, 4.69) is 0 Å². The van der Waals surface area contributed by atoms with Gasteiger partial charge < -0.3 is 9.47 Å². The molecule has 0 amide bonds. The summed E-state index contributed by atoms with van der Waals surface area (Å²) in [6.45, 7) is 2.42. The lowest BCUT2D eigenvalue weighted by Gasteiger charge is -2.26. The van der Waals surface area contributed by atoms with Crippen LogP contribution in [-0.4, -0.2) is 23.4 Å².